The maximum Gasteiger partial charge on any atom is 0.128 e. The second-order valence-corrected chi connectivity index (χ2v) is 5.72. The summed E-state index contributed by atoms with van der Waals surface area (Å²) in [5, 5.41) is 0. The van der Waals surface area contributed by atoms with Crippen molar-refractivity contribution in [1.29, 1.82) is 0 Å². The van der Waals surface area contributed by atoms with E-state index in [-0.39, 0.29) is 5.82 Å². The molecule has 1 aromatic carbocycles. The largest absolute Gasteiger partial charge is 0.321 e. The van der Waals surface area contributed by atoms with Crippen LogP contribution in [-0.2, 0) is 5.54 Å². The molecule has 0 saturated heterocycles. The van der Waals surface area contributed by atoms with E-state index in [2.05, 4.69) is 6.92 Å². The third kappa shape index (κ3) is 2.52. The standard InChI is InChI=1S/C15H22FN/c1-11-7-9-12(10-8-11)15(2,17)13-5-3-4-6-14(13)16/h3-6,11-12H,7-10,17H2,1-2H3. The first-order valence-electron chi connectivity index (χ1n) is 6.55. The van der Waals surface area contributed by atoms with Crippen LogP contribution in [0.5, 0.6) is 0 Å². The Labute approximate surface area is 103 Å². The van der Waals surface area contributed by atoms with Crippen LogP contribution < -0.4 is 5.73 Å². The Balaban J connectivity index is 2.21. The van der Waals surface area contributed by atoms with E-state index in [4.69, 9.17) is 5.73 Å². The molecule has 1 atom stereocenters. The smallest absolute Gasteiger partial charge is 0.128 e. The van der Waals surface area contributed by atoms with Gasteiger partial charge in [0.1, 0.15) is 5.82 Å². The molecule has 0 bridgehead atoms. The molecule has 1 aromatic rings. The molecule has 0 aliphatic heterocycles. The van der Waals surface area contributed by atoms with Crippen LogP contribution in [-0.4, -0.2) is 0 Å². The van der Waals surface area contributed by atoms with Crippen LogP contribution in [0.15, 0.2) is 24.3 Å². The predicted molar refractivity (Wildman–Crippen MR) is 69.1 cm³/mol. The Morgan fingerprint density at radius 1 is 1.18 bits per heavy atom. The monoisotopic (exact) mass is 235 g/mol. The van der Waals surface area contributed by atoms with Crippen molar-refractivity contribution in [2.45, 2.75) is 45.1 Å². The Kier molecular flexibility index (Phi) is 3.53. The van der Waals surface area contributed by atoms with Crippen molar-refractivity contribution in [3.05, 3.63) is 35.6 Å². The first-order valence-corrected chi connectivity index (χ1v) is 6.55. The van der Waals surface area contributed by atoms with Crippen LogP contribution in [0.25, 0.3) is 0 Å². The van der Waals surface area contributed by atoms with Gasteiger partial charge in [-0.15, -0.1) is 0 Å². The number of hydrogen-bond acceptors (Lipinski definition) is 1. The van der Waals surface area contributed by atoms with E-state index in [1.54, 1.807) is 6.07 Å². The Morgan fingerprint density at radius 2 is 1.76 bits per heavy atom. The molecule has 1 saturated carbocycles. The average molecular weight is 235 g/mol. The lowest BCUT2D eigenvalue weighted by Gasteiger charge is -2.39. The van der Waals surface area contributed by atoms with Crippen molar-refractivity contribution >= 4 is 0 Å². The van der Waals surface area contributed by atoms with E-state index < -0.39 is 5.54 Å². The van der Waals surface area contributed by atoms with Crippen LogP contribution in [0.2, 0.25) is 0 Å². The van der Waals surface area contributed by atoms with Crippen LogP contribution in [0, 0.1) is 17.7 Å². The van der Waals surface area contributed by atoms with E-state index >= 15 is 0 Å². The van der Waals surface area contributed by atoms with Crippen molar-refractivity contribution in [3.63, 3.8) is 0 Å². The van der Waals surface area contributed by atoms with Crippen LogP contribution in [0.1, 0.15) is 45.1 Å². The fraction of sp³-hybridized carbons (Fsp3) is 0.600. The quantitative estimate of drug-likeness (QED) is 0.828. The number of halogens is 1. The molecule has 1 fully saturated rings. The van der Waals surface area contributed by atoms with Gasteiger partial charge in [0.25, 0.3) is 0 Å². The Morgan fingerprint density at radius 3 is 2.35 bits per heavy atom. The molecule has 17 heavy (non-hydrogen) atoms. The molecule has 1 aliphatic rings. The van der Waals surface area contributed by atoms with Crippen molar-refractivity contribution in [2.24, 2.45) is 17.6 Å². The third-order valence-corrected chi connectivity index (χ3v) is 4.32. The fourth-order valence-electron chi connectivity index (χ4n) is 2.98. The lowest BCUT2D eigenvalue weighted by molar-refractivity contribution is 0.189. The summed E-state index contributed by atoms with van der Waals surface area (Å²) in [6.45, 7) is 4.26. The van der Waals surface area contributed by atoms with Crippen LogP contribution in [0.3, 0.4) is 0 Å². The highest BCUT2D eigenvalue weighted by Gasteiger charge is 2.35. The molecule has 2 rings (SSSR count). The highest BCUT2D eigenvalue weighted by Crippen LogP contribution is 2.39. The molecule has 0 spiro atoms. The topological polar surface area (TPSA) is 26.0 Å². The van der Waals surface area contributed by atoms with E-state index in [1.807, 2.05) is 19.1 Å². The van der Waals surface area contributed by atoms with Gasteiger partial charge >= 0.3 is 0 Å². The summed E-state index contributed by atoms with van der Waals surface area (Å²) in [6, 6.07) is 6.92. The minimum atomic E-state index is -0.536. The molecular weight excluding hydrogens is 213 g/mol. The zero-order valence-electron chi connectivity index (χ0n) is 10.7. The van der Waals surface area contributed by atoms with E-state index in [0.29, 0.717) is 11.5 Å². The predicted octanol–water partition coefficient (Wildman–Crippen LogP) is 3.83. The zero-order chi connectivity index (χ0) is 12.5. The van der Waals surface area contributed by atoms with Gasteiger partial charge < -0.3 is 5.73 Å². The van der Waals surface area contributed by atoms with Crippen LogP contribution >= 0.6 is 0 Å². The summed E-state index contributed by atoms with van der Waals surface area (Å²) in [7, 11) is 0. The summed E-state index contributed by atoms with van der Waals surface area (Å²) < 4.78 is 13.8. The van der Waals surface area contributed by atoms with Gasteiger partial charge in [0.15, 0.2) is 0 Å². The van der Waals surface area contributed by atoms with Crippen molar-refractivity contribution in [2.75, 3.05) is 0 Å². The first kappa shape index (κ1) is 12.6. The highest BCUT2D eigenvalue weighted by atomic mass is 19.1. The van der Waals surface area contributed by atoms with Gasteiger partial charge in [0, 0.05) is 11.1 Å². The summed E-state index contributed by atoms with van der Waals surface area (Å²) >= 11 is 0. The summed E-state index contributed by atoms with van der Waals surface area (Å²) in [5.41, 5.74) is 6.55. The zero-order valence-corrected chi connectivity index (χ0v) is 10.7. The lowest BCUT2D eigenvalue weighted by atomic mass is 9.70. The summed E-state index contributed by atoms with van der Waals surface area (Å²) in [5.74, 6) is 1.02. The second-order valence-electron chi connectivity index (χ2n) is 5.72. The molecule has 0 amide bonds. The summed E-state index contributed by atoms with van der Waals surface area (Å²) in [4.78, 5) is 0. The number of hydrogen-bond donors (Lipinski definition) is 1. The highest BCUT2D eigenvalue weighted by molar-refractivity contribution is 5.26. The normalized spacial score (nSPS) is 28.7. The van der Waals surface area contributed by atoms with Gasteiger partial charge in [-0.3, -0.25) is 0 Å². The van der Waals surface area contributed by atoms with Crippen LogP contribution in [0.4, 0.5) is 4.39 Å². The van der Waals surface area contributed by atoms with Gasteiger partial charge in [0.05, 0.1) is 0 Å². The summed E-state index contributed by atoms with van der Waals surface area (Å²) in [6.07, 6.45) is 4.66. The number of nitrogens with two attached hydrogens (primary N) is 1. The SMILES string of the molecule is CC1CCC(C(C)(N)c2ccccc2F)CC1. The molecule has 94 valence electrons. The molecule has 1 nitrogen and oxygen atoms in total. The molecule has 1 aliphatic carbocycles. The molecule has 0 aromatic heterocycles. The molecule has 0 heterocycles. The molecule has 0 radical (unpaired) electrons. The fourth-order valence-corrected chi connectivity index (χ4v) is 2.98. The van der Waals surface area contributed by atoms with Gasteiger partial charge in [0.2, 0.25) is 0 Å². The minimum Gasteiger partial charge on any atom is -0.321 e. The van der Waals surface area contributed by atoms with Gasteiger partial charge in [-0.05, 0) is 37.7 Å². The van der Waals surface area contributed by atoms with E-state index in [9.17, 15) is 4.39 Å². The molecular formula is C15H22FN. The lowest BCUT2D eigenvalue weighted by Crippen LogP contribution is -2.43. The second kappa shape index (κ2) is 4.77. The average Bonchev–Trinajstić information content (AvgIpc) is 2.30. The van der Waals surface area contributed by atoms with Gasteiger partial charge in [-0.2, -0.15) is 0 Å². The van der Waals surface area contributed by atoms with Crippen molar-refractivity contribution < 1.29 is 4.39 Å². The maximum absolute atomic E-state index is 13.8. The third-order valence-electron chi connectivity index (χ3n) is 4.32. The van der Waals surface area contributed by atoms with E-state index in [1.165, 1.54) is 18.9 Å². The van der Waals surface area contributed by atoms with Gasteiger partial charge in [-0.1, -0.05) is 38.0 Å². The number of rotatable bonds is 2. The Bertz CT molecular complexity index is 378. The Hall–Kier alpha value is -0.890. The van der Waals surface area contributed by atoms with E-state index in [0.717, 1.165) is 18.8 Å². The van der Waals surface area contributed by atoms with Crippen molar-refractivity contribution in [1.82, 2.24) is 0 Å². The van der Waals surface area contributed by atoms with Crippen molar-refractivity contribution in [3.8, 4) is 0 Å². The molecule has 2 heteroatoms. The first-order chi connectivity index (χ1) is 8.01. The number of benzene rings is 1. The minimum absolute atomic E-state index is 0.170. The van der Waals surface area contributed by atoms with Gasteiger partial charge in [-0.25, -0.2) is 4.39 Å². The maximum atomic E-state index is 13.8. The molecule has 1 unspecified atom stereocenters. The molecule has 2 N–H and O–H groups in total.